The first-order valence-corrected chi connectivity index (χ1v) is 9.15. The molecular formula is C22H21FN4O2. The molecule has 6 nitrogen and oxygen atoms in total. The Morgan fingerprint density at radius 1 is 1.34 bits per heavy atom. The zero-order valence-electron chi connectivity index (χ0n) is 16.1. The van der Waals surface area contributed by atoms with Crippen LogP contribution in [0.5, 0.6) is 0 Å². The molecule has 2 atom stereocenters. The first-order valence-electron chi connectivity index (χ1n) is 9.15. The molecule has 0 unspecified atom stereocenters. The number of aromatic nitrogens is 2. The number of carbonyl (C=O) groups is 1. The van der Waals surface area contributed by atoms with Crippen LogP contribution >= 0.6 is 0 Å². The van der Waals surface area contributed by atoms with Crippen LogP contribution in [0.1, 0.15) is 40.9 Å². The highest BCUT2D eigenvalue weighted by Gasteiger charge is 2.26. The summed E-state index contributed by atoms with van der Waals surface area (Å²) in [5.74, 6) is -0.806. The lowest BCUT2D eigenvalue weighted by Crippen LogP contribution is -2.33. The summed E-state index contributed by atoms with van der Waals surface area (Å²) in [6.45, 7) is 1.60. The maximum absolute atomic E-state index is 14.4. The van der Waals surface area contributed by atoms with Crippen LogP contribution in [0, 0.1) is 17.1 Å². The van der Waals surface area contributed by atoms with Crippen molar-refractivity contribution in [2.45, 2.75) is 25.5 Å². The number of rotatable bonds is 6. The minimum absolute atomic E-state index is 0.182. The molecule has 2 N–H and O–H groups in total. The SMILES string of the molecule is C[C@H](O)C[C@H](c1ccccc1F)N(C)C(=O)c1ccc(-c2cn[nH]c2)c(C#N)c1. The van der Waals surface area contributed by atoms with Gasteiger partial charge >= 0.3 is 0 Å². The van der Waals surface area contributed by atoms with E-state index < -0.39 is 18.0 Å². The Hall–Kier alpha value is -3.50. The fourth-order valence-corrected chi connectivity index (χ4v) is 3.33. The summed E-state index contributed by atoms with van der Waals surface area (Å²) < 4.78 is 14.4. The molecule has 3 rings (SSSR count). The summed E-state index contributed by atoms with van der Waals surface area (Å²) in [7, 11) is 1.57. The number of nitrogens with zero attached hydrogens (tertiary/aromatic N) is 3. The van der Waals surface area contributed by atoms with Crippen molar-refractivity contribution in [2.24, 2.45) is 0 Å². The monoisotopic (exact) mass is 392 g/mol. The molecule has 0 bridgehead atoms. The Morgan fingerprint density at radius 3 is 2.72 bits per heavy atom. The van der Waals surface area contributed by atoms with Crippen LogP contribution in [0.25, 0.3) is 11.1 Å². The number of hydrogen-bond acceptors (Lipinski definition) is 4. The number of aliphatic hydroxyl groups excluding tert-OH is 1. The molecular weight excluding hydrogens is 371 g/mol. The Labute approximate surface area is 168 Å². The Kier molecular flexibility index (Phi) is 6.05. The van der Waals surface area contributed by atoms with Gasteiger partial charge in [0, 0.05) is 35.5 Å². The van der Waals surface area contributed by atoms with Crippen LogP contribution < -0.4 is 0 Å². The molecule has 7 heteroatoms. The second-order valence-corrected chi connectivity index (χ2v) is 6.90. The van der Waals surface area contributed by atoms with E-state index in [9.17, 15) is 19.6 Å². The molecule has 0 fully saturated rings. The summed E-state index contributed by atoms with van der Waals surface area (Å²) >= 11 is 0. The molecule has 2 aromatic carbocycles. The van der Waals surface area contributed by atoms with Gasteiger partial charge in [0.15, 0.2) is 0 Å². The van der Waals surface area contributed by atoms with Crippen molar-refractivity contribution < 1.29 is 14.3 Å². The van der Waals surface area contributed by atoms with Crippen LogP contribution in [0.3, 0.4) is 0 Å². The highest BCUT2D eigenvalue weighted by Crippen LogP contribution is 2.29. The summed E-state index contributed by atoms with van der Waals surface area (Å²) in [5.41, 5.74) is 2.38. The lowest BCUT2D eigenvalue weighted by Gasteiger charge is -2.30. The van der Waals surface area contributed by atoms with Crippen molar-refractivity contribution in [3.8, 4) is 17.2 Å². The van der Waals surface area contributed by atoms with Crippen LogP contribution in [-0.4, -0.2) is 39.3 Å². The minimum atomic E-state index is -0.729. The Bertz CT molecular complexity index is 1040. The Balaban J connectivity index is 1.95. The predicted octanol–water partition coefficient (Wildman–Crippen LogP) is 3.67. The van der Waals surface area contributed by atoms with Crippen molar-refractivity contribution in [1.82, 2.24) is 15.1 Å². The summed E-state index contributed by atoms with van der Waals surface area (Å²) in [6, 6.07) is 12.5. The molecule has 0 aliphatic rings. The van der Waals surface area contributed by atoms with Crippen molar-refractivity contribution in [3.63, 3.8) is 0 Å². The van der Waals surface area contributed by atoms with Gasteiger partial charge in [-0.25, -0.2) is 4.39 Å². The van der Waals surface area contributed by atoms with Gasteiger partial charge in [0.25, 0.3) is 5.91 Å². The number of benzene rings is 2. The topological polar surface area (TPSA) is 93.0 Å². The molecule has 1 aromatic heterocycles. The smallest absolute Gasteiger partial charge is 0.254 e. The third-order valence-electron chi connectivity index (χ3n) is 4.81. The van der Waals surface area contributed by atoms with Crippen LogP contribution in [0.2, 0.25) is 0 Å². The van der Waals surface area contributed by atoms with E-state index in [0.29, 0.717) is 22.3 Å². The van der Waals surface area contributed by atoms with E-state index in [2.05, 4.69) is 16.3 Å². The quantitative estimate of drug-likeness (QED) is 0.669. The van der Waals surface area contributed by atoms with E-state index in [1.165, 1.54) is 17.0 Å². The average molecular weight is 392 g/mol. The molecule has 0 spiro atoms. The van der Waals surface area contributed by atoms with Crippen LogP contribution in [0.4, 0.5) is 4.39 Å². The number of carbonyl (C=O) groups excluding carboxylic acids is 1. The molecule has 1 heterocycles. The number of H-pyrrole nitrogens is 1. The molecule has 29 heavy (non-hydrogen) atoms. The van der Waals surface area contributed by atoms with Crippen LogP contribution in [0.15, 0.2) is 54.9 Å². The van der Waals surface area contributed by atoms with Crippen molar-refractivity contribution >= 4 is 5.91 Å². The molecule has 1 amide bonds. The van der Waals surface area contributed by atoms with E-state index >= 15 is 0 Å². The van der Waals surface area contributed by atoms with Gasteiger partial charge in [-0.05, 0) is 31.5 Å². The predicted molar refractivity (Wildman–Crippen MR) is 106 cm³/mol. The maximum Gasteiger partial charge on any atom is 0.254 e. The fraction of sp³-hybridized carbons (Fsp3) is 0.227. The van der Waals surface area contributed by atoms with Crippen LogP contribution in [-0.2, 0) is 0 Å². The summed E-state index contributed by atoms with van der Waals surface area (Å²) in [5, 5.41) is 26.0. The zero-order valence-corrected chi connectivity index (χ0v) is 16.1. The highest BCUT2D eigenvalue weighted by atomic mass is 19.1. The standard InChI is InChI=1S/C22H21FN4O2/c1-14(28)9-21(19-5-3-4-6-20(19)23)27(2)22(29)15-7-8-18(16(10-15)11-24)17-12-25-26-13-17/h3-8,10,12-14,21,28H,9H2,1-2H3,(H,25,26)/t14-,21+/m0/s1. The maximum atomic E-state index is 14.4. The zero-order chi connectivity index (χ0) is 21.0. The van der Waals surface area contributed by atoms with E-state index in [1.54, 1.807) is 56.7 Å². The van der Waals surface area contributed by atoms with Crippen molar-refractivity contribution in [3.05, 3.63) is 77.4 Å². The first kappa shape index (κ1) is 20.2. The molecule has 0 saturated heterocycles. The number of nitriles is 1. The molecule has 148 valence electrons. The second-order valence-electron chi connectivity index (χ2n) is 6.90. The van der Waals surface area contributed by atoms with Gasteiger partial charge in [-0.15, -0.1) is 0 Å². The number of aliphatic hydroxyl groups is 1. The Morgan fingerprint density at radius 2 is 2.10 bits per heavy atom. The number of hydrogen-bond donors (Lipinski definition) is 2. The van der Waals surface area contributed by atoms with Gasteiger partial charge in [0.05, 0.1) is 30.0 Å². The summed E-state index contributed by atoms with van der Waals surface area (Å²) in [6.07, 6.45) is 2.72. The van der Waals surface area contributed by atoms with E-state index in [-0.39, 0.29) is 12.3 Å². The largest absolute Gasteiger partial charge is 0.393 e. The molecule has 0 aliphatic carbocycles. The number of halogens is 1. The van der Waals surface area contributed by atoms with E-state index in [0.717, 1.165) is 5.56 Å². The van der Waals surface area contributed by atoms with Crippen molar-refractivity contribution in [2.75, 3.05) is 7.05 Å². The first-order chi connectivity index (χ1) is 13.9. The molecule has 0 aliphatic heterocycles. The van der Waals surface area contributed by atoms with E-state index in [4.69, 9.17) is 0 Å². The molecule has 0 saturated carbocycles. The van der Waals surface area contributed by atoms with Gasteiger partial charge in [0.1, 0.15) is 5.82 Å². The number of amides is 1. The van der Waals surface area contributed by atoms with Gasteiger partial charge in [-0.1, -0.05) is 24.3 Å². The molecule has 0 radical (unpaired) electrons. The van der Waals surface area contributed by atoms with Crippen molar-refractivity contribution in [1.29, 1.82) is 5.26 Å². The van der Waals surface area contributed by atoms with E-state index in [1.807, 2.05) is 0 Å². The number of nitrogens with one attached hydrogen (secondary N) is 1. The van der Waals surface area contributed by atoms with Gasteiger partial charge in [-0.3, -0.25) is 9.89 Å². The number of aromatic amines is 1. The minimum Gasteiger partial charge on any atom is -0.393 e. The van der Waals surface area contributed by atoms with Gasteiger partial charge < -0.3 is 10.0 Å². The normalized spacial score (nSPS) is 12.8. The average Bonchev–Trinajstić information content (AvgIpc) is 3.25. The third kappa shape index (κ3) is 4.33. The molecule has 3 aromatic rings. The lowest BCUT2D eigenvalue weighted by atomic mass is 9.97. The van der Waals surface area contributed by atoms with Gasteiger partial charge in [-0.2, -0.15) is 10.4 Å². The fourth-order valence-electron chi connectivity index (χ4n) is 3.33. The highest BCUT2D eigenvalue weighted by molar-refractivity contribution is 5.95. The third-order valence-corrected chi connectivity index (χ3v) is 4.81. The lowest BCUT2D eigenvalue weighted by molar-refractivity contribution is 0.0659. The summed E-state index contributed by atoms with van der Waals surface area (Å²) in [4.78, 5) is 14.5. The van der Waals surface area contributed by atoms with Gasteiger partial charge in [0.2, 0.25) is 0 Å². The second kappa shape index (κ2) is 8.67.